The molecule has 0 saturated carbocycles. The number of nitrogens with one attached hydrogen (secondary N) is 2. The van der Waals surface area contributed by atoms with Crippen LogP contribution in [0.2, 0.25) is 5.02 Å². The molecule has 1 aromatic heterocycles. The zero-order valence-electron chi connectivity index (χ0n) is 12.1. The lowest BCUT2D eigenvalue weighted by Crippen LogP contribution is -2.31. The Bertz CT molecular complexity index is 555. The van der Waals surface area contributed by atoms with Crippen molar-refractivity contribution in [1.29, 1.82) is 0 Å². The van der Waals surface area contributed by atoms with Gasteiger partial charge in [-0.3, -0.25) is 0 Å². The first-order valence-electron chi connectivity index (χ1n) is 7.10. The topological polar surface area (TPSA) is 57.4 Å². The van der Waals surface area contributed by atoms with Crippen LogP contribution in [0.1, 0.15) is 12.7 Å². The molecule has 1 unspecified atom stereocenters. The van der Waals surface area contributed by atoms with Crippen molar-refractivity contribution < 1.29 is 9.52 Å². The van der Waals surface area contributed by atoms with E-state index in [2.05, 4.69) is 10.6 Å². The van der Waals surface area contributed by atoms with Gasteiger partial charge in [0.2, 0.25) is 0 Å². The Morgan fingerprint density at radius 1 is 1.14 bits per heavy atom. The lowest BCUT2D eigenvalue weighted by molar-refractivity contribution is 0.191. The van der Waals surface area contributed by atoms with E-state index in [-0.39, 0.29) is 6.10 Å². The molecule has 0 saturated heterocycles. The molecule has 1 aromatic carbocycles. The number of aliphatic hydroxyl groups excluding tert-OH is 1. The van der Waals surface area contributed by atoms with E-state index in [0.717, 1.165) is 30.2 Å². The van der Waals surface area contributed by atoms with Crippen LogP contribution in [0.3, 0.4) is 0 Å². The van der Waals surface area contributed by atoms with Crippen molar-refractivity contribution in [3.05, 3.63) is 47.2 Å². The van der Waals surface area contributed by atoms with E-state index in [1.807, 2.05) is 36.4 Å². The predicted molar refractivity (Wildman–Crippen MR) is 85.4 cm³/mol. The van der Waals surface area contributed by atoms with Gasteiger partial charge in [-0.1, -0.05) is 23.7 Å². The molecule has 0 fully saturated rings. The molecule has 0 aliphatic heterocycles. The van der Waals surface area contributed by atoms with Crippen LogP contribution in [0.15, 0.2) is 40.8 Å². The largest absolute Gasteiger partial charge is 0.460 e. The number of furan rings is 1. The Kier molecular flexibility index (Phi) is 6.26. The summed E-state index contributed by atoms with van der Waals surface area (Å²) in [6, 6.07) is 11.5. The Labute approximate surface area is 130 Å². The van der Waals surface area contributed by atoms with Crippen LogP contribution < -0.4 is 10.6 Å². The molecule has 0 amide bonds. The SMILES string of the molecule is CC(O)CNCCNCc1ccc(-c2ccccc2Cl)o1. The van der Waals surface area contributed by atoms with Gasteiger partial charge in [-0.2, -0.15) is 0 Å². The molecule has 21 heavy (non-hydrogen) atoms. The maximum Gasteiger partial charge on any atom is 0.135 e. The van der Waals surface area contributed by atoms with Gasteiger partial charge in [-0.25, -0.2) is 0 Å². The predicted octanol–water partition coefficient (Wildman–Crippen LogP) is 2.66. The third kappa shape index (κ3) is 5.17. The van der Waals surface area contributed by atoms with Gasteiger partial charge in [-0.05, 0) is 31.2 Å². The molecule has 5 heteroatoms. The van der Waals surface area contributed by atoms with Gasteiger partial charge in [-0.15, -0.1) is 0 Å². The van der Waals surface area contributed by atoms with Gasteiger partial charge in [0.25, 0.3) is 0 Å². The quantitative estimate of drug-likeness (QED) is 0.656. The van der Waals surface area contributed by atoms with Crippen LogP contribution in [-0.2, 0) is 6.54 Å². The minimum atomic E-state index is -0.312. The van der Waals surface area contributed by atoms with Crippen molar-refractivity contribution in [1.82, 2.24) is 10.6 Å². The second-order valence-electron chi connectivity index (χ2n) is 4.98. The third-order valence-electron chi connectivity index (χ3n) is 3.02. The summed E-state index contributed by atoms with van der Waals surface area (Å²) < 4.78 is 5.79. The van der Waals surface area contributed by atoms with Gasteiger partial charge in [0.1, 0.15) is 11.5 Å². The van der Waals surface area contributed by atoms with E-state index >= 15 is 0 Å². The summed E-state index contributed by atoms with van der Waals surface area (Å²) in [5.74, 6) is 1.66. The first-order chi connectivity index (χ1) is 10.2. The number of aliphatic hydroxyl groups is 1. The maximum atomic E-state index is 9.11. The Balaban J connectivity index is 1.78. The van der Waals surface area contributed by atoms with Crippen molar-refractivity contribution in [2.45, 2.75) is 19.6 Å². The summed E-state index contributed by atoms with van der Waals surface area (Å²) in [4.78, 5) is 0. The first kappa shape index (κ1) is 16.0. The van der Waals surface area contributed by atoms with Crippen molar-refractivity contribution in [3.8, 4) is 11.3 Å². The Morgan fingerprint density at radius 3 is 2.67 bits per heavy atom. The molecule has 0 bridgehead atoms. The summed E-state index contributed by atoms with van der Waals surface area (Å²) in [6.45, 7) is 4.66. The fraction of sp³-hybridized carbons (Fsp3) is 0.375. The molecule has 1 heterocycles. The number of benzene rings is 1. The highest BCUT2D eigenvalue weighted by molar-refractivity contribution is 6.33. The number of rotatable bonds is 8. The van der Waals surface area contributed by atoms with Crippen LogP contribution in [0.5, 0.6) is 0 Å². The molecular formula is C16H21ClN2O2. The molecule has 0 spiro atoms. The second kappa shape index (κ2) is 8.20. The van der Waals surface area contributed by atoms with Crippen LogP contribution in [0.25, 0.3) is 11.3 Å². The average molecular weight is 309 g/mol. The molecule has 0 aliphatic carbocycles. The summed E-state index contributed by atoms with van der Waals surface area (Å²) in [6.07, 6.45) is -0.312. The first-order valence-corrected chi connectivity index (χ1v) is 7.47. The lowest BCUT2D eigenvalue weighted by Gasteiger charge is -2.07. The molecule has 2 aromatic rings. The molecule has 1 atom stereocenters. The molecule has 2 rings (SSSR count). The van der Waals surface area contributed by atoms with Gasteiger partial charge < -0.3 is 20.2 Å². The van der Waals surface area contributed by atoms with E-state index in [1.165, 1.54) is 0 Å². The minimum Gasteiger partial charge on any atom is -0.460 e. The number of hydrogen-bond donors (Lipinski definition) is 3. The van der Waals surface area contributed by atoms with Gasteiger partial charge in [0, 0.05) is 25.2 Å². The Morgan fingerprint density at radius 2 is 1.90 bits per heavy atom. The summed E-state index contributed by atoms with van der Waals surface area (Å²) >= 11 is 6.15. The molecule has 3 N–H and O–H groups in total. The average Bonchev–Trinajstić information content (AvgIpc) is 2.91. The monoisotopic (exact) mass is 308 g/mol. The van der Waals surface area contributed by atoms with Crippen molar-refractivity contribution in [2.75, 3.05) is 19.6 Å². The lowest BCUT2D eigenvalue weighted by atomic mass is 10.2. The third-order valence-corrected chi connectivity index (χ3v) is 3.35. The van der Waals surface area contributed by atoms with Gasteiger partial charge in [0.05, 0.1) is 17.7 Å². The molecule has 4 nitrogen and oxygen atoms in total. The number of halogens is 1. The summed E-state index contributed by atoms with van der Waals surface area (Å²) in [5, 5.41) is 16.2. The summed E-state index contributed by atoms with van der Waals surface area (Å²) in [7, 11) is 0. The molecular weight excluding hydrogens is 288 g/mol. The standard InChI is InChI=1S/C16H21ClN2O2/c1-12(20)10-18-8-9-19-11-13-6-7-16(21-13)14-4-2-3-5-15(14)17/h2-7,12,18-20H,8-11H2,1H3. The van der Waals surface area contributed by atoms with E-state index in [9.17, 15) is 0 Å². The smallest absolute Gasteiger partial charge is 0.135 e. The van der Waals surface area contributed by atoms with E-state index < -0.39 is 0 Å². The normalized spacial score (nSPS) is 12.5. The highest BCUT2D eigenvalue weighted by Gasteiger charge is 2.07. The maximum absolute atomic E-state index is 9.11. The zero-order chi connectivity index (χ0) is 15.1. The fourth-order valence-corrected chi connectivity index (χ4v) is 2.21. The second-order valence-corrected chi connectivity index (χ2v) is 5.38. The van der Waals surface area contributed by atoms with Crippen LogP contribution in [-0.4, -0.2) is 30.8 Å². The van der Waals surface area contributed by atoms with Crippen molar-refractivity contribution >= 4 is 11.6 Å². The van der Waals surface area contributed by atoms with Crippen LogP contribution in [0, 0.1) is 0 Å². The van der Waals surface area contributed by atoms with Crippen LogP contribution in [0.4, 0.5) is 0 Å². The van der Waals surface area contributed by atoms with Crippen molar-refractivity contribution in [3.63, 3.8) is 0 Å². The molecule has 0 aliphatic rings. The molecule has 114 valence electrons. The summed E-state index contributed by atoms with van der Waals surface area (Å²) in [5.41, 5.74) is 0.906. The van der Waals surface area contributed by atoms with Gasteiger partial charge >= 0.3 is 0 Å². The minimum absolute atomic E-state index is 0.312. The highest BCUT2D eigenvalue weighted by Crippen LogP contribution is 2.28. The van der Waals surface area contributed by atoms with Crippen molar-refractivity contribution in [2.24, 2.45) is 0 Å². The molecule has 0 radical (unpaired) electrons. The number of hydrogen-bond acceptors (Lipinski definition) is 4. The van der Waals surface area contributed by atoms with Crippen LogP contribution >= 0.6 is 11.6 Å². The highest BCUT2D eigenvalue weighted by atomic mass is 35.5. The Hall–Kier alpha value is -1.33. The van der Waals surface area contributed by atoms with E-state index in [4.69, 9.17) is 21.1 Å². The van der Waals surface area contributed by atoms with E-state index in [0.29, 0.717) is 18.1 Å². The fourth-order valence-electron chi connectivity index (χ4n) is 1.98. The van der Waals surface area contributed by atoms with E-state index in [1.54, 1.807) is 6.92 Å². The van der Waals surface area contributed by atoms with Gasteiger partial charge in [0.15, 0.2) is 0 Å². The zero-order valence-corrected chi connectivity index (χ0v) is 12.9.